The molecule has 0 bridgehead atoms. The van der Waals surface area contributed by atoms with E-state index >= 15 is 0 Å². The number of Topliss-reactive ketones (excluding diaryl/α,β-unsaturated/α-hetero) is 2. The SMILES string of the molecule is CCNCC(=O)CCCCC(=O)N[C@@H](C)C(=O)C[C@@H](C)C(=O)Nc1cc(COc2cc3c(cc2C)C(=O)N2c4ccccc4C[C@H]2CN3C)cc(COc2cc3c(cc2OC)C(=O)N2c4ccccc4C[C@H]2CN3C)c1. The van der Waals surface area contributed by atoms with Crippen LogP contribution in [-0.2, 0) is 45.2 Å². The molecule has 76 heavy (non-hydrogen) atoms. The van der Waals surface area contributed by atoms with Crippen molar-refractivity contribution < 1.29 is 43.0 Å². The summed E-state index contributed by atoms with van der Waals surface area (Å²) in [4.78, 5) is 88.5. The zero-order valence-corrected chi connectivity index (χ0v) is 44.6. The maximum atomic E-state index is 14.3. The highest BCUT2D eigenvalue weighted by Crippen LogP contribution is 2.43. The number of aryl methyl sites for hydroxylation is 1. The van der Waals surface area contributed by atoms with E-state index in [0.717, 1.165) is 52.3 Å². The predicted octanol–water partition coefficient (Wildman–Crippen LogP) is 7.98. The van der Waals surface area contributed by atoms with Gasteiger partial charge in [0.1, 0.15) is 24.7 Å². The number of ether oxygens (including phenoxy) is 3. The molecule has 3 N–H and O–H groups in total. The summed E-state index contributed by atoms with van der Waals surface area (Å²) >= 11 is 0. The minimum Gasteiger partial charge on any atom is -0.493 e. The van der Waals surface area contributed by atoms with Gasteiger partial charge in [0.05, 0.1) is 54.3 Å². The van der Waals surface area contributed by atoms with Crippen LogP contribution < -0.4 is 49.8 Å². The average Bonchev–Trinajstić information content (AvgIpc) is 3.94. The van der Waals surface area contributed by atoms with Crippen molar-refractivity contribution in [1.29, 1.82) is 0 Å². The van der Waals surface area contributed by atoms with E-state index in [1.807, 2.05) is 111 Å². The fourth-order valence-electron chi connectivity index (χ4n) is 11.0. The van der Waals surface area contributed by atoms with Crippen LogP contribution >= 0.6 is 0 Å². The highest BCUT2D eigenvalue weighted by molar-refractivity contribution is 6.13. The molecule has 0 aromatic heterocycles. The zero-order valence-electron chi connectivity index (χ0n) is 44.6. The van der Waals surface area contributed by atoms with Gasteiger partial charge in [-0.3, -0.25) is 28.8 Å². The Morgan fingerprint density at radius 1 is 0.684 bits per heavy atom. The van der Waals surface area contributed by atoms with Gasteiger partial charge in [0.2, 0.25) is 11.8 Å². The van der Waals surface area contributed by atoms with Crippen LogP contribution in [-0.4, -0.2) is 101 Å². The fourth-order valence-corrected chi connectivity index (χ4v) is 11.0. The number of nitrogens with one attached hydrogen (secondary N) is 3. The van der Waals surface area contributed by atoms with Crippen molar-refractivity contribution in [3.05, 3.63) is 130 Å². The molecule has 9 rings (SSSR count). The molecule has 4 aliphatic heterocycles. The van der Waals surface area contributed by atoms with Crippen molar-refractivity contribution in [3.63, 3.8) is 0 Å². The highest BCUT2D eigenvalue weighted by atomic mass is 16.5. The van der Waals surface area contributed by atoms with Crippen LogP contribution in [0.2, 0.25) is 0 Å². The third-order valence-corrected chi connectivity index (χ3v) is 15.0. The number of rotatable bonds is 21. The molecule has 16 nitrogen and oxygen atoms in total. The van der Waals surface area contributed by atoms with Gasteiger partial charge < -0.3 is 49.8 Å². The van der Waals surface area contributed by atoms with Crippen LogP contribution in [0.4, 0.5) is 28.4 Å². The summed E-state index contributed by atoms with van der Waals surface area (Å²) in [7, 11) is 5.52. The second kappa shape index (κ2) is 23.0. The highest BCUT2D eigenvalue weighted by Gasteiger charge is 2.41. The van der Waals surface area contributed by atoms with Gasteiger partial charge in [0, 0.05) is 81.6 Å². The van der Waals surface area contributed by atoms with Gasteiger partial charge in [-0.05, 0) is 116 Å². The summed E-state index contributed by atoms with van der Waals surface area (Å²) in [6.45, 7) is 9.59. The third-order valence-electron chi connectivity index (χ3n) is 15.0. The number of hydrogen-bond acceptors (Lipinski definition) is 12. The Morgan fingerprint density at radius 2 is 1.24 bits per heavy atom. The zero-order chi connectivity index (χ0) is 53.8. The number of para-hydroxylation sites is 2. The second-order valence-corrected chi connectivity index (χ2v) is 20.7. The molecular weight excluding hydrogens is 963 g/mol. The normalized spacial score (nSPS) is 17.0. The van der Waals surface area contributed by atoms with Gasteiger partial charge in [-0.1, -0.05) is 50.2 Å². The van der Waals surface area contributed by atoms with Crippen LogP contribution in [0.1, 0.15) is 101 Å². The number of benzene rings is 5. The number of methoxy groups -OCH3 is 1. The van der Waals surface area contributed by atoms with Crippen molar-refractivity contribution >= 4 is 63.6 Å². The van der Waals surface area contributed by atoms with Crippen LogP contribution in [0.15, 0.2) is 91.0 Å². The average molecular weight is 1030 g/mol. The van der Waals surface area contributed by atoms with Crippen LogP contribution in [0.3, 0.4) is 0 Å². The molecule has 0 radical (unpaired) electrons. The molecule has 4 amide bonds. The first-order chi connectivity index (χ1) is 36.6. The summed E-state index contributed by atoms with van der Waals surface area (Å²) in [5.41, 5.74) is 9.45. The Hall–Kier alpha value is -7.72. The number of amides is 4. The van der Waals surface area contributed by atoms with E-state index in [1.54, 1.807) is 27.0 Å². The number of ketones is 2. The van der Waals surface area contributed by atoms with Gasteiger partial charge in [0.15, 0.2) is 17.3 Å². The van der Waals surface area contributed by atoms with Crippen molar-refractivity contribution in [2.24, 2.45) is 5.92 Å². The first-order valence-electron chi connectivity index (χ1n) is 26.5. The molecule has 5 aromatic rings. The van der Waals surface area contributed by atoms with Gasteiger partial charge in [-0.25, -0.2) is 0 Å². The molecule has 0 spiro atoms. The second-order valence-electron chi connectivity index (χ2n) is 20.7. The van der Waals surface area contributed by atoms with Crippen molar-refractivity contribution in [1.82, 2.24) is 10.6 Å². The molecule has 4 atom stereocenters. The summed E-state index contributed by atoms with van der Waals surface area (Å²) in [5.74, 6) is -0.317. The number of carbonyl (C=O) groups excluding carboxylic acids is 6. The predicted molar refractivity (Wildman–Crippen MR) is 294 cm³/mol. The lowest BCUT2D eigenvalue weighted by Gasteiger charge is -2.25. The minimum absolute atomic E-state index is 0.00134. The van der Waals surface area contributed by atoms with Crippen LogP contribution in [0.25, 0.3) is 0 Å². The molecule has 0 saturated heterocycles. The largest absolute Gasteiger partial charge is 0.493 e. The number of likely N-dealkylation sites (N-methyl/N-ethyl adjacent to an activating group) is 3. The summed E-state index contributed by atoms with van der Waals surface area (Å²) in [5, 5.41) is 8.79. The Bertz CT molecular complexity index is 3070. The van der Waals surface area contributed by atoms with E-state index in [1.165, 1.54) is 5.56 Å². The van der Waals surface area contributed by atoms with Gasteiger partial charge in [0.25, 0.3) is 11.8 Å². The molecule has 0 fully saturated rings. The topological polar surface area (TPSA) is 179 Å². The van der Waals surface area contributed by atoms with Crippen molar-refractivity contribution in [3.8, 4) is 17.2 Å². The van der Waals surface area contributed by atoms with Gasteiger partial charge >= 0.3 is 0 Å². The van der Waals surface area contributed by atoms with Crippen LogP contribution in [0.5, 0.6) is 17.2 Å². The fraction of sp³-hybridized carbons (Fsp3) is 0.400. The Balaban J connectivity index is 0.921. The monoisotopic (exact) mass is 1030 g/mol. The first kappa shape index (κ1) is 53.1. The standard InChI is InChI=1S/C60H69N7O9/c1-8-61-31-46(68)17-11-14-20-57(70)62-38(4)53(69)22-37(3)58(71)63-43-24-39(34-75-54-29-51-47(21-36(54)2)59(72)66-44(32-64(51)5)26-41-15-9-12-18-49(41)66)23-40(25-43)35-76-56-30-52-48(28-55(56)74-7)60(73)67-45(33-65(52)6)27-42-16-10-13-19-50(42)67/h9-10,12-13,15-16,18-19,21,23-25,28-30,37-38,44-45,61H,8,11,14,17,20,22,26-27,31-35H2,1-7H3,(H,62,70)(H,63,71)/t37-,38+,44+,45+/m1/s1. The van der Waals surface area contributed by atoms with E-state index in [2.05, 4.69) is 37.9 Å². The summed E-state index contributed by atoms with van der Waals surface area (Å²) in [6.07, 6.45) is 3.11. The number of hydrogen-bond donors (Lipinski definition) is 3. The molecular formula is C60H69N7O9. The maximum Gasteiger partial charge on any atom is 0.260 e. The quantitative estimate of drug-likeness (QED) is 0.0605. The molecule has 4 heterocycles. The number of carbonyl (C=O) groups is 6. The molecule has 398 valence electrons. The van der Waals surface area contributed by atoms with E-state index in [4.69, 9.17) is 14.2 Å². The number of unbranched alkanes of at least 4 members (excludes halogenated alkanes) is 1. The number of fused-ring (bicyclic) bond motifs is 8. The van der Waals surface area contributed by atoms with Gasteiger partial charge in [-0.15, -0.1) is 0 Å². The van der Waals surface area contributed by atoms with Crippen molar-refractivity contribution in [2.75, 3.05) is 72.3 Å². The van der Waals surface area contributed by atoms with Crippen LogP contribution in [0, 0.1) is 12.8 Å². The molecule has 0 saturated carbocycles. The Kier molecular flexibility index (Phi) is 16.1. The van der Waals surface area contributed by atoms with E-state index < -0.39 is 12.0 Å². The van der Waals surface area contributed by atoms with Gasteiger partial charge in [-0.2, -0.15) is 0 Å². The number of nitrogens with zero attached hydrogens (tertiary/aromatic N) is 4. The lowest BCUT2D eigenvalue weighted by molar-refractivity contribution is -0.129. The smallest absolute Gasteiger partial charge is 0.260 e. The van der Waals surface area contributed by atoms with Crippen molar-refractivity contribution in [2.45, 2.75) is 104 Å². The first-order valence-corrected chi connectivity index (χ1v) is 26.5. The lowest BCUT2D eigenvalue weighted by Crippen LogP contribution is -2.41. The summed E-state index contributed by atoms with van der Waals surface area (Å²) in [6, 6.07) is 28.2. The van der Waals surface area contributed by atoms with E-state index in [-0.39, 0.29) is 73.3 Å². The number of anilines is 5. The molecule has 4 aliphatic rings. The third kappa shape index (κ3) is 11.4. The minimum atomic E-state index is -0.803. The maximum absolute atomic E-state index is 14.3. The molecule has 0 unspecified atom stereocenters. The molecule has 16 heteroatoms. The Labute approximate surface area is 445 Å². The molecule has 0 aliphatic carbocycles. The van der Waals surface area contributed by atoms with E-state index in [9.17, 15) is 28.8 Å². The Morgan fingerprint density at radius 3 is 1.83 bits per heavy atom. The molecule has 5 aromatic carbocycles. The lowest BCUT2D eigenvalue weighted by atomic mass is 9.99. The summed E-state index contributed by atoms with van der Waals surface area (Å²) < 4.78 is 19.0. The van der Waals surface area contributed by atoms with E-state index in [0.29, 0.717) is 85.1 Å².